The molecular formula is C13H17ClN2O2. The number of piperazine rings is 1. The van der Waals surface area contributed by atoms with E-state index in [-0.39, 0.29) is 11.9 Å². The Morgan fingerprint density at radius 3 is 3.06 bits per heavy atom. The monoisotopic (exact) mass is 268 g/mol. The van der Waals surface area contributed by atoms with Crippen molar-refractivity contribution < 1.29 is 9.21 Å². The molecule has 1 aromatic rings. The predicted octanol–water partition coefficient (Wildman–Crippen LogP) is 2.13. The predicted molar refractivity (Wildman–Crippen MR) is 68.3 cm³/mol. The fourth-order valence-corrected chi connectivity index (χ4v) is 3.14. The summed E-state index contributed by atoms with van der Waals surface area (Å²) in [5, 5.41) is 0.406. The van der Waals surface area contributed by atoms with E-state index in [1.165, 1.54) is 0 Å². The lowest BCUT2D eigenvalue weighted by molar-refractivity contribution is -0.143. The highest BCUT2D eigenvalue weighted by Crippen LogP contribution is 2.27. The minimum atomic E-state index is -0.0665. The third-order valence-electron chi connectivity index (χ3n) is 4.00. The first-order chi connectivity index (χ1) is 8.65. The summed E-state index contributed by atoms with van der Waals surface area (Å²) in [6.07, 6.45) is 2.25. The number of amides is 1. The van der Waals surface area contributed by atoms with E-state index in [1.54, 1.807) is 6.07 Å². The van der Waals surface area contributed by atoms with E-state index in [0.29, 0.717) is 17.8 Å². The third kappa shape index (κ3) is 2.04. The number of rotatable bonds is 2. The molecule has 1 aromatic heterocycles. The number of fused-ring (bicyclic) bond motifs is 1. The van der Waals surface area contributed by atoms with Crippen molar-refractivity contribution in [1.29, 1.82) is 0 Å². The number of nitrogens with zero attached hydrogens (tertiary/aromatic N) is 2. The molecule has 0 radical (unpaired) electrons. The highest BCUT2D eigenvalue weighted by molar-refractivity contribution is 6.28. The van der Waals surface area contributed by atoms with Crippen LogP contribution < -0.4 is 0 Å². The third-order valence-corrected chi connectivity index (χ3v) is 4.20. The first-order valence-corrected chi connectivity index (χ1v) is 6.81. The fourth-order valence-electron chi connectivity index (χ4n) is 2.98. The second kappa shape index (κ2) is 4.59. The largest absolute Gasteiger partial charge is 0.448 e. The molecule has 2 aliphatic heterocycles. The molecule has 0 saturated carbocycles. The van der Waals surface area contributed by atoms with E-state index >= 15 is 0 Å². The zero-order chi connectivity index (χ0) is 12.7. The molecule has 0 N–H and O–H groups in total. The van der Waals surface area contributed by atoms with Crippen LogP contribution in [0.25, 0.3) is 0 Å². The van der Waals surface area contributed by atoms with Gasteiger partial charge in [0, 0.05) is 19.1 Å². The summed E-state index contributed by atoms with van der Waals surface area (Å²) in [4.78, 5) is 16.5. The Labute approximate surface area is 111 Å². The second-order valence-electron chi connectivity index (χ2n) is 5.14. The van der Waals surface area contributed by atoms with Gasteiger partial charge in [0.2, 0.25) is 5.91 Å². The summed E-state index contributed by atoms with van der Waals surface area (Å²) >= 11 is 5.77. The lowest BCUT2D eigenvalue weighted by Crippen LogP contribution is -2.58. The van der Waals surface area contributed by atoms with E-state index in [2.05, 4.69) is 4.90 Å². The van der Waals surface area contributed by atoms with Crippen LogP contribution in [0, 0.1) is 0 Å². The molecule has 0 aromatic carbocycles. The van der Waals surface area contributed by atoms with E-state index in [1.807, 2.05) is 17.9 Å². The summed E-state index contributed by atoms with van der Waals surface area (Å²) in [6, 6.07) is 3.94. The number of furan rings is 1. The van der Waals surface area contributed by atoms with Gasteiger partial charge in [0.15, 0.2) is 5.22 Å². The SMILES string of the molecule is C[C@H]1C(=O)N2CCC[C@H]2CN1Cc1ccc(Cl)o1. The Balaban J connectivity index is 1.74. The Morgan fingerprint density at radius 1 is 1.50 bits per heavy atom. The van der Waals surface area contributed by atoms with Crippen molar-refractivity contribution in [3.8, 4) is 0 Å². The molecule has 0 bridgehead atoms. The lowest BCUT2D eigenvalue weighted by Gasteiger charge is -2.41. The Bertz CT molecular complexity index is 460. The van der Waals surface area contributed by atoms with Gasteiger partial charge in [-0.3, -0.25) is 9.69 Å². The van der Waals surface area contributed by atoms with Crippen LogP contribution in [-0.2, 0) is 11.3 Å². The zero-order valence-corrected chi connectivity index (χ0v) is 11.2. The fraction of sp³-hybridized carbons (Fsp3) is 0.615. The van der Waals surface area contributed by atoms with E-state index < -0.39 is 0 Å². The van der Waals surface area contributed by atoms with Crippen molar-refractivity contribution in [3.63, 3.8) is 0 Å². The number of halogens is 1. The van der Waals surface area contributed by atoms with Gasteiger partial charge in [0.05, 0.1) is 12.6 Å². The first-order valence-electron chi connectivity index (χ1n) is 6.44. The second-order valence-corrected chi connectivity index (χ2v) is 5.51. The highest BCUT2D eigenvalue weighted by Gasteiger charge is 2.40. The number of carbonyl (C=O) groups is 1. The van der Waals surface area contributed by atoms with Crippen molar-refractivity contribution in [1.82, 2.24) is 9.80 Å². The average molecular weight is 269 g/mol. The average Bonchev–Trinajstić information content (AvgIpc) is 2.95. The molecule has 0 unspecified atom stereocenters. The molecule has 1 amide bonds. The lowest BCUT2D eigenvalue weighted by atomic mass is 10.1. The maximum absolute atomic E-state index is 12.2. The van der Waals surface area contributed by atoms with Gasteiger partial charge in [-0.1, -0.05) is 0 Å². The summed E-state index contributed by atoms with van der Waals surface area (Å²) in [5.74, 6) is 1.08. The molecule has 2 atom stereocenters. The maximum atomic E-state index is 12.2. The standard InChI is InChI=1S/C13H17ClN2O2/c1-9-13(17)16-6-2-3-10(16)7-15(9)8-11-4-5-12(14)18-11/h4-5,9-10H,2-3,6-8H2,1H3/t9-,10-/m0/s1. The van der Waals surface area contributed by atoms with Crippen LogP contribution in [0.5, 0.6) is 0 Å². The van der Waals surface area contributed by atoms with E-state index in [0.717, 1.165) is 31.7 Å². The van der Waals surface area contributed by atoms with Crippen molar-refractivity contribution >= 4 is 17.5 Å². The van der Waals surface area contributed by atoms with Crippen LogP contribution in [0.3, 0.4) is 0 Å². The molecule has 5 heteroatoms. The van der Waals surface area contributed by atoms with Crippen LogP contribution in [0.15, 0.2) is 16.5 Å². The molecule has 2 fully saturated rings. The minimum absolute atomic E-state index is 0.0665. The van der Waals surface area contributed by atoms with Crippen molar-refractivity contribution in [3.05, 3.63) is 23.1 Å². The van der Waals surface area contributed by atoms with E-state index in [4.69, 9.17) is 16.0 Å². The van der Waals surface area contributed by atoms with Gasteiger partial charge in [-0.25, -0.2) is 0 Å². The first kappa shape index (κ1) is 12.1. The Morgan fingerprint density at radius 2 is 2.33 bits per heavy atom. The van der Waals surface area contributed by atoms with Gasteiger partial charge < -0.3 is 9.32 Å². The van der Waals surface area contributed by atoms with Crippen LogP contribution >= 0.6 is 11.6 Å². The highest BCUT2D eigenvalue weighted by atomic mass is 35.5. The molecule has 3 rings (SSSR count). The van der Waals surface area contributed by atoms with Crippen LogP contribution in [-0.4, -0.2) is 40.9 Å². The number of carbonyl (C=O) groups excluding carboxylic acids is 1. The van der Waals surface area contributed by atoms with Gasteiger partial charge in [-0.05, 0) is 43.5 Å². The minimum Gasteiger partial charge on any atom is -0.448 e. The molecule has 4 nitrogen and oxygen atoms in total. The quantitative estimate of drug-likeness (QED) is 0.825. The van der Waals surface area contributed by atoms with Gasteiger partial charge in [0.25, 0.3) is 0 Å². The molecule has 18 heavy (non-hydrogen) atoms. The van der Waals surface area contributed by atoms with Crippen LogP contribution in [0.1, 0.15) is 25.5 Å². The molecule has 98 valence electrons. The summed E-state index contributed by atoms with van der Waals surface area (Å²) in [6.45, 7) is 4.49. The smallest absolute Gasteiger partial charge is 0.239 e. The van der Waals surface area contributed by atoms with Crippen LogP contribution in [0.2, 0.25) is 5.22 Å². The Hall–Kier alpha value is -1.00. The Kier molecular flexibility index (Phi) is 3.08. The summed E-state index contributed by atoms with van der Waals surface area (Å²) in [7, 11) is 0. The number of hydrogen-bond donors (Lipinski definition) is 0. The molecule has 2 aliphatic rings. The zero-order valence-electron chi connectivity index (χ0n) is 10.4. The summed E-state index contributed by atoms with van der Waals surface area (Å²) < 4.78 is 5.38. The van der Waals surface area contributed by atoms with Gasteiger partial charge in [-0.15, -0.1) is 0 Å². The van der Waals surface area contributed by atoms with E-state index in [9.17, 15) is 4.79 Å². The van der Waals surface area contributed by atoms with Gasteiger partial charge in [0.1, 0.15) is 5.76 Å². The molecule has 2 saturated heterocycles. The normalized spacial score (nSPS) is 28.8. The maximum Gasteiger partial charge on any atom is 0.239 e. The van der Waals surface area contributed by atoms with Crippen molar-refractivity contribution in [2.24, 2.45) is 0 Å². The topological polar surface area (TPSA) is 36.7 Å². The molecule has 3 heterocycles. The van der Waals surface area contributed by atoms with Gasteiger partial charge >= 0.3 is 0 Å². The molecule has 0 spiro atoms. The van der Waals surface area contributed by atoms with Gasteiger partial charge in [-0.2, -0.15) is 0 Å². The van der Waals surface area contributed by atoms with Crippen molar-refractivity contribution in [2.45, 2.75) is 38.4 Å². The van der Waals surface area contributed by atoms with Crippen molar-refractivity contribution in [2.75, 3.05) is 13.1 Å². The molecular weight excluding hydrogens is 252 g/mol. The number of hydrogen-bond acceptors (Lipinski definition) is 3. The summed E-state index contributed by atoms with van der Waals surface area (Å²) in [5.41, 5.74) is 0. The molecule has 0 aliphatic carbocycles. The van der Waals surface area contributed by atoms with Crippen LogP contribution in [0.4, 0.5) is 0 Å².